The van der Waals surface area contributed by atoms with Gasteiger partial charge in [-0.2, -0.15) is 0 Å². The summed E-state index contributed by atoms with van der Waals surface area (Å²) in [4.78, 5) is 25.9. The summed E-state index contributed by atoms with van der Waals surface area (Å²) in [5, 5.41) is 0. The molecule has 0 aromatic carbocycles. The Labute approximate surface area is 134 Å². The number of esters is 1. The number of rotatable bonds is 8. The van der Waals surface area contributed by atoms with Crippen LogP contribution in [0.15, 0.2) is 0 Å². The van der Waals surface area contributed by atoms with Crippen molar-refractivity contribution in [1.29, 1.82) is 0 Å². The minimum atomic E-state index is -0.271. The molecule has 0 unspecified atom stereocenters. The van der Waals surface area contributed by atoms with Crippen LogP contribution in [0.5, 0.6) is 0 Å². The Morgan fingerprint density at radius 3 is 2.36 bits per heavy atom. The van der Waals surface area contributed by atoms with E-state index in [9.17, 15) is 9.59 Å². The van der Waals surface area contributed by atoms with Crippen LogP contribution < -0.4 is 5.73 Å². The molecule has 0 bridgehead atoms. The van der Waals surface area contributed by atoms with Crippen LogP contribution in [0.3, 0.4) is 0 Å². The van der Waals surface area contributed by atoms with E-state index < -0.39 is 0 Å². The fraction of sp³-hybridized carbons (Fsp3) is 0.882. The van der Waals surface area contributed by atoms with Gasteiger partial charge in [0, 0.05) is 19.5 Å². The van der Waals surface area contributed by atoms with Crippen LogP contribution in [-0.2, 0) is 14.3 Å². The summed E-state index contributed by atoms with van der Waals surface area (Å²) in [6.07, 6.45) is 6.42. The normalized spacial score (nSPS) is 17.3. The molecule has 0 atom stereocenters. The molecule has 5 heteroatoms. The van der Waals surface area contributed by atoms with Gasteiger partial charge in [-0.3, -0.25) is 9.59 Å². The van der Waals surface area contributed by atoms with Crippen LogP contribution >= 0.6 is 0 Å². The summed E-state index contributed by atoms with van der Waals surface area (Å²) < 4.78 is 4.68. The Morgan fingerprint density at radius 2 is 1.86 bits per heavy atom. The zero-order valence-electron chi connectivity index (χ0n) is 14.4. The molecule has 0 radical (unpaired) electrons. The van der Waals surface area contributed by atoms with Crippen molar-refractivity contribution in [3.8, 4) is 0 Å². The fourth-order valence-electron chi connectivity index (χ4n) is 3.27. The van der Waals surface area contributed by atoms with Gasteiger partial charge >= 0.3 is 5.97 Å². The number of hydrogen-bond acceptors (Lipinski definition) is 4. The highest BCUT2D eigenvalue weighted by molar-refractivity contribution is 5.78. The topological polar surface area (TPSA) is 72.6 Å². The minimum absolute atomic E-state index is 0.0319. The maximum absolute atomic E-state index is 12.7. The van der Waals surface area contributed by atoms with Crippen molar-refractivity contribution >= 4 is 11.9 Å². The average molecular weight is 312 g/mol. The standard InChI is InChI=1S/C17H32N2O3/c1-14(2)12-19(10-7-16(21)22-3)15(20)11-17(13-18)8-5-4-6-9-17/h14H,4-13,18H2,1-3H3. The molecule has 0 heterocycles. The van der Waals surface area contributed by atoms with Crippen molar-refractivity contribution in [3.05, 3.63) is 0 Å². The molecule has 128 valence electrons. The zero-order valence-corrected chi connectivity index (χ0v) is 14.4. The van der Waals surface area contributed by atoms with E-state index in [0.29, 0.717) is 32.0 Å². The molecule has 5 nitrogen and oxygen atoms in total. The SMILES string of the molecule is COC(=O)CCN(CC(C)C)C(=O)CC1(CN)CCCCC1. The second-order valence-electron chi connectivity index (χ2n) is 7.00. The van der Waals surface area contributed by atoms with E-state index in [2.05, 4.69) is 18.6 Å². The molecule has 2 N–H and O–H groups in total. The van der Waals surface area contributed by atoms with Crippen LogP contribution in [0.1, 0.15) is 58.8 Å². The third kappa shape index (κ3) is 5.95. The first-order valence-electron chi connectivity index (χ1n) is 8.47. The molecule has 22 heavy (non-hydrogen) atoms. The van der Waals surface area contributed by atoms with Gasteiger partial charge in [0.2, 0.25) is 5.91 Å². The predicted molar refractivity (Wildman–Crippen MR) is 87.2 cm³/mol. The van der Waals surface area contributed by atoms with Crippen molar-refractivity contribution in [2.45, 2.75) is 58.8 Å². The van der Waals surface area contributed by atoms with Crippen molar-refractivity contribution in [2.75, 3.05) is 26.7 Å². The number of carbonyl (C=O) groups excluding carboxylic acids is 2. The largest absolute Gasteiger partial charge is 0.469 e. The third-order valence-electron chi connectivity index (χ3n) is 4.63. The summed E-state index contributed by atoms with van der Waals surface area (Å²) >= 11 is 0. The molecular weight excluding hydrogens is 280 g/mol. The Bertz CT molecular complexity index is 363. The quantitative estimate of drug-likeness (QED) is 0.698. The summed E-state index contributed by atoms with van der Waals surface area (Å²) in [6.45, 7) is 5.85. The van der Waals surface area contributed by atoms with E-state index in [1.807, 2.05) is 4.90 Å². The zero-order chi connectivity index (χ0) is 16.6. The minimum Gasteiger partial charge on any atom is -0.469 e. The summed E-state index contributed by atoms with van der Waals surface area (Å²) in [6, 6.07) is 0. The molecular formula is C17H32N2O3. The number of nitrogens with zero attached hydrogens (tertiary/aromatic N) is 1. The third-order valence-corrected chi connectivity index (χ3v) is 4.63. The smallest absolute Gasteiger partial charge is 0.307 e. The predicted octanol–water partition coefficient (Wildman–Crippen LogP) is 2.33. The maximum Gasteiger partial charge on any atom is 0.307 e. The number of ether oxygens (including phenoxy) is 1. The maximum atomic E-state index is 12.7. The molecule has 1 saturated carbocycles. The second-order valence-corrected chi connectivity index (χ2v) is 7.00. The van der Waals surface area contributed by atoms with Gasteiger partial charge in [-0.1, -0.05) is 33.1 Å². The highest BCUT2D eigenvalue weighted by Crippen LogP contribution is 2.38. The van der Waals surface area contributed by atoms with Gasteiger partial charge in [-0.25, -0.2) is 0 Å². The molecule has 0 saturated heterocycles. The summed E-state index contributed by atoms with van der Waals surface area (Å²) in [5.41, 5.74) is 5.95. The van der Waals surface area contributed by atoms with Crippen LogP contribution in [0, 0.1) is 11.3 Å². The molecule has 0 aromatic heterocycles. The van der Waals surface area contributed by atoms with E-state index in [0.717, 1.165) is 25.7 Å². The highest BCUT2D eigenvalue weighted by Gasteiger charge is 2.34. The van der Waals surface area contributed by atoms with E-state index in [1.165, 1.54) is 13.5 Å². The molecule has 1 aliphatic carbocycles. The lowest BCUT2D eigenvalue weighted by atomic mass is 9.71. The molecule has 1 fully saturated rings. The van der Waals surface area contributed by atoms with Crippen molar-refractivity contribution < 1.29 is 14.3 Å². The van der Waals surface area contributed by atoms with Gasteiger partial charge in [-0.05, 0) is 30.7 Å². The highest BCUT2D eigenvalue weighted by atomic mass is 16.5. The number of amides is 1. The van der Waals surface area contributed by atoms with Crippen molar-refractivity contribution in [2.24, 2.45) is 17.1 Å². The van der Waals surface area contributed by atoms with Crippen LogP contribution in [0.4, 0.5) is 0 Å². The van der Waals surface area contributed by atoms with E-state index >= 15 is 0 Å². The summed E-state index contributed by atoms with van der Waals surface area (Å²) in [5.74, 6) is 0.236. The Hall–Kier alpha value is -1.10. The van der Waals surface area contributed by atoms with Crippen molar-refractivity contribution in [1.82, 2.24) is 4.90 Å². The lowest BCUT2D eigenvalue weighted by molar-refractivity contribution is -0.142. The Kier molecular flexibility index (Phi) is 7.87. The van der Waals surface area contributed by atoms with Gasteiger partial charge in [0.1, 0.15) is 0 Å². The average Bonchev–Trinajstić information content (AvgIpc) is 2.51. The number of nitrogens with two attached hydrogens (primary N) is 1. The second kappa shape index (κ2) is 9.13. The first kappa shape index (κ1) is 18.9. The van der Waals surface area contributed by atoms with Gasteiger partial charge in [0.25, 0.3) is 0 Å². The van der Waals surface area contributed by atoms with Crippen LogP contribution in [0.2, 0.25) is 0 Å². The lowest BCUT2D eigenvalue weighted by Gasteiger charge is -2.37. The molecule has 1 rings (SSSR count). The lowest BCUT2D eigenvalue weighted by Crippen LogP contribution is -2.42. The van der Waals surface area contributed by atoms with E-state index in [4.69, 9.17) is 5.73 Å². The van der Waals surface area contributed by atoms with Gasteiger partial charge in [0.15, 0.2) is 0 Å². The monoisotopic (exact) mass is 312 g/mol. The first-order valence-corrected chi connectivity index (χ1v) is 8.47. The first-order chi connectivity index (χ1) is 10.4. The van der Waals surface area contributed by atoms with Crippen LogP contribution in [0.25, 0.3) is 0 Å². The summed E-state index contributed by atoms with van der Waals surface area (Å²) in [7, 11) is 1.38. The molecule has 0 aromatic rings. The van der Waals surface area contributed by atoms with Crippen molar-refractivity contribution in [3.63, 3.8) is 0 Å². The molecule has 0 aliphatic heterocycles. The van der Waals surface area contributed by atoms with Crippen LogP contribution in [-0.4, -0.2) is 43.5 Å². The molecule has 1 aliphatic rings. The van der Waals surface area contributed by atoms with E-state index in [1.54, 1.807) is 0 Å². The molecule has 1 amide bonds. The van der Waals surface area contributed by atoms with Gasteiger partial charge < -0.3 is 15.4 Å². The number of methoxy groups -OCH3 is 1. The number of carbonyl (C=O) groups is 2. The Morgan fingerprint density at radius 1 is 1.23 bits per heavy atom. The Balaban J connectivity index is 2.66. The van der Waals surface area contributed by atoms with E-state index in [-0.39, 0.29) is 23.7 Å². The number of hydrogen-bond donors (Lipinski definition) is 1. The van der Waals surface area contributed by atoms with Gasteiger partial charge in [0.05, 0.1) is 13.5 Å². The van der Waals surface area contributed by atoms with Gasteiger partial charge in [-0.15, -0.1) is 0 Å². The molecule has 0 spiro atoms. The fourth-order valence-corrected chi connectivity index (χ4v) is 3.27.